The summed E-state index contributed by atoms with van der Waals surface area (Å²) in [5.41, 5.74) is 3.15. The highest BCUT2D eigenvalue weighted by molar-refractivity contribution is 5.84. The highest BCUT2D eigenvalue weighted by atomic mass is 16.7. The molecule has 0 bridgehead atoms. The van der Waals surface area contributed by atoms with Crippen LogP contribution in [-0.4, -0.2) is 17.8 Å². The van der Waals surface area contributed by atoms with E-state index in [-0.39, 0.29) is 18.3 Å². The predicted octanol–water partition coefficient (Wildman–Crippen LogP) is 3.39. The van der Waals surface area contributed by atoms with Gasteiger partial charge in [-0.05, 0) is 44.2 Å². The van der Waals surface area contributed by atoms with Gasteiger partial charge in [0.1, 0.15) is 5.76 Å². The molecular weight excluding hydrogens is 346 g/mol. The van der Waals surface area contributed by atoms with E-state index in [2.05, 4.69) is 10.3 Å². The molecule has 0 spiro atoms. The summed E-state index contributed by atoms with van der Waals surface area (Å²) in [5.74, 6) is -0.893. The molecule has 0 saturated carbocycles. The number of allylic oxidation sites excluding steroid dienone is 3. The standard InChI is InChI=1S/C21H25NO5/c1-2-8-20(24)27-22-19(23)14-6-11-17(15-16-9-4-3-5-10-16)21(25)26-18-12-7-13-18/h2-5,8-10,12,17H,6-7,11,13-15H2,1H3,(H,22,23). The lowest BCUT2D eigenvalue weighted by Crippen LogP contribution is -2.26. The summed E-state index contributed by atoms with van der Waals surface area (Å²) in [6, 6.07) is 9.72. The number of carbonyl (C=O) groups is 3. The number of nitrogens with one attached hydrogen (secondary N) is 1. The third-order valence-electron chi connectivity index (χ3n) is 4.18. The van der Waals surface area contributed by atoms with Gasteiger partial charge < -0.3 is 9.57 Å². The fraction of sp³-hybridized carbons (Fsp3) is 0.381. The molecule has 1 atom stereocenters. The van der Waals surface area contributed by atoms with E-state index in [4.69, 9.17) is 4.74 Å². The van der Waals surface area contributed by atoms with Gasteiger partial charge in [0.25, 0.3) is 5.91 Å². The third-order valence-corrected chi connectivity index (χ3v) is 4.18. The number of esters is 1. The molecule has 6 nitrogen and oxygen atoms in total. The Labute approximate surface area is 159 Å². The molecule has 6 heteroatoms. The Morgan fingerprint density at radius 2 is 1.96 bits per heavy atom. The Hall–Kier alpha value is -2.89. The molecule has 0 aliphatic heterocycles. The van der Waals surface area contributed by atoms with Crippen LogP contribution in [0.5, 0.6) is 0 Å². The summed E-state index contributed by atoms with van der Waals surface area (Å²) in [4.78, 5) is 40.0. The maximum absolute atomic E-state index is 12.5. The monoisotopic (exact) mass is 371 g/mol. The molecule has 0 fully saturated rings. The van der Waals surface area contributed by atoms with Gasteiger partial charge in [0.2, 0.25) is 0 Å². The zero-order chi connectivity index (χ0) is 19.5. The van der Waals surface area contributed by atoms with E-state index in [0.717, 1.165) is 24.2 Å². The first-order valence-corrected chi connectivity index (χ1v) is 9.15. The predicted molar refractivity (Wildman–Crippen MR) is 99.9 cm³/mol. The molecule has 1 aromatic carbocycles. The molecule has 0 saturated heterocycles. The largest absolute Gasteiger partial charge is 0.431 e. The van der Waals surface area contributed by atoms with Gasteiger partial charge in [-0.3, -0.25) is 9.59 Å². The molecule has 1 N–H and O–H groups in total. The molecule has 1 aliphatic rings. The van der Waals surface area contributed by atoms with Crippen LogP contribution in [0.2, 0.25) is 0 Å². The molecule has 1 aliphatic carbocycles. The first-order chi connectivity index (χ1) is 13.1. The summed E-state index contributed by atoms with van der Waals surface area (Å²) >= 11 is 0. The lowest BCUT2D eigenvalue weighted by atomic mass is 9.94. The molecular formula is C21H25NO5. The smallest absolute Gasteiger partial charge is 0.355 e. The van der Waals surface area contributed by atoms with E-state index in [0.29, 0.717) is 19.3 Å². The van der Waals surface area contributed by atoms with Crippen molar-refractivity contribution in [2.45, 2.75) is 45.4 Å². The Balaban J connectivity index is 1.82. The summed E-state index contributed by atoms with van der Waals surface area (Å²) in [6.07, 6.45) is 8.09. The van der Waals surface area contributed by atoms with Gasteiger partial charge >= 0.3 is 11.9 Å². The average molecular weight is 371 g/mol. The minimum Gasteiger partial charge on any atom is -0.431 e. The van der Waals surface area contributed by atoms with Gasteiger partial charge in [-0.1, -0.05) is 36.4 Å². The van der Waals surface area contributed by atoms with Crippen LogP contribution in [0.3, 0.4) is 0 Å². The van der Waals surface area contributed by atoms with Crippen LogP contribution in [0, 0.1) is 5.92 Å². The maximum atomic E-state index is 12.5. The lowest BCUT2D eigenvalue weighted by molar-refractivity contribution is -0.153. The van der Waals surface area contributed by atoms with E-state index < -0.39 is 11.9 Å². The van der Waals surface area contributed by atoms with Gasteiger partial charge in [0, 0.05) is 18.9 Å². The highest BCUT2D eigenvalue weighted by Crippen LogP contribution is 2.23. The Morgan fingerprint density at radius 3 is 2.59 bits per heavy atom. The maximum Gasteiger partial charge on any atom is 0.355 e. The number of hydrogen-bond acceptors (Lipinski definition) is 5. The molecule has 27 heavy (non-hydrogen) atoms. The summed E-state index contributed by atoms with van der Waals surface area (Å²) in [6.45, 7) is 1.68. The van der Waals surface area contributed by atoms with Gasteiger partial charge in [0.15, 0.2) is 0 Å². The molecule has 0 heterocycles. The van der Waals surface area contributed by atoms with Crippen molar-refractivity contribution in [3.8, 4) is 0 Å². The number of carbonyl (C=O) groups excluding carboxylic acids is 3. The SMILES string of the molecule is CC=CC(=O)ONC(=O)CCCC(Cc1ccccc1)C(=O)OC1=CCC1. The van der Waals surface area contributed by atoms with E-state index in [9.17, 15) is 14.4 Å². The van der Waals surface area contributed by atoms with Crippen LogP contribution in [0.1, 0.15) is 44.6 Å². The normalized spacial score (nSPS) is 14.0. The fourth-order valence-corrected chi connectivity index (χ4v) is 2.61. The third kappa shape index (κ3) is 7.48. The summed E-state index contributed by atoms with van der Waals surface area (Å²) < 4.78 is 5.43. The van der Waals surface area contributed by atoms with Crippen molar-refractivity contribution in [2.75, 3.05) is 0 Å². The van der Waals surface area contributed by atoms with Gasteiger partial charge in [0.05, 0.1) is 5.92 Å². The zero-order valence-electron chi connectivity index (χ0n) is 15.5. The van der Waals surface area contributed by atoms with E-state index in [1.54, 1.807) is 6.92 Å². The Morgan fingerprint density at radius 1 is 1.22 bits per heavy atom. The number of benzene rings is 1. The second-order valence-electron chi connectivity index (χ2n) is 6.36. The molecule has 144 valence electrons. The van der Waals surface area contributed by atoms with Crippen molar-refractivity contribution in [3.63, 3.8) is 0 Å². The van der Waals surface area contributed by atoms with Crippen LogP contribution in [0.25, 0.3) is 0 Å². The minimum absolute atomic E-state index is 0.157. The Bertz CT molecular complexity index is 709. The quantitative estimate of drug-likeness (QED) is 0.409. The van der Waals surface area contributed by atoms with Crippen molar-refractivity contribution < 1.29 is 24.0 Å². The van der Waals surface area contributed by atoms with Crippen molar-refractivity contribution in [3.05, 3.63) is 59.9 Å². The number of hydroxylamine groups is 1. The zero-order valence-corrected chi connectivity index (χ0v) is 15.5. The van der Waals surface area contributed by atoms with Gasteiger partial charge in [-0.2, -0.15) is 5.48 Å². The molecule has 1 amide bonds. The fourth-order valence-electron chi connectivity index (χ4n) is 2.61. The van der Waals surface area contributed by atoms with Crippen LogP contribution in [0.15, 0.2) is 54.3 Å². The van der Waals surface area contributed by atoms with E-state index >= 15 is 0 Å². The lowest BCUT2D eigenvalue weighted by Gasteiger charge is -2.20. The second-order valence-corrected chi connectivity index (χ2v) is 6.36. The van der Waals surface area contributed by atoms with Gasteiger partial charge in [-0.15, -0.1) is 0 Å². The molecule has 0 radical (unpaired) electrons. The van der Waals surface area contributed by atoms with Crippen LogP contribution >= 0.6 is 0 Å². The van der Waals surface area contributed by atoms with Crippen molar-refractivity contribution in [2.24, 2.45) is 5.92 Å². The topological polar surface area (TPSA) is 81.7 Å². The first kappa shape index (κ1) is 20.4. The van der Waals surface area contributed by atoms with E-state index in [1.807, 2.05) is 36.4 Å². The van der Waals surface area contributed by atoms with Crippen LogP contribution in [-0.2, 0) is 30.4 Å². The van der Waals surface area contributed by atoms with Gasteiger partial charge in [-0.25, -0.2) is 4.79 Å². The summed E-state index contributed by atoms with van der Waals surface area (Å²) in [7, 11) is 0. The minimum atomic E-state index is -0.634. The average Bonchev–Trinajstić information content (AvgIpc) is 2.63. The Kier molecular flexibility index (Phi) is 8.29. The molecule has 2 rings (SSSR count). The van der Waals surface area contributed by atoms with Crippen molar-refractivity contribution >= 4 is 17.8 Å². The number of rotatable bonds is 9. The summed E-state index contributed by atoms with van der Waals surface area (Å²) in [5, 5.41) is 0. The number of amides is 1. The molecule has 1 unspecified atom stereocenters. The van der Waals surface area contributed by atoms with Crippen molar-refractivity contribution in [1.29, 1.82) is 0 Å². The molecule has 1 aromatic rings. The van der Waals surface area contributed by atoms with E-state index in [1.165, 1.54) is 12.2 Å². The van der Waals surface area contributed by atoms with Crippen LogP contribution < -0.4 is 5.48 Å². The van der Waals surface area contributed by atoms with Crippen LogP contribution in [0.4, 0.5) is 0 Å². The highest BCUT2D eigenvalue weighted by Gasteiger charge is 2.23. The number of ether oxygens (including phenoxy) is 1. The molecule has 0 aromatic heterocycles. The second kappa shape index (κ2) is 11.0. The first-order valence-electron chi connectivity index (χ1n) is 9.15. The number of hydrogen-bond donors (Lipinski definition) is 1. The van der Waals surface area contributed by atoms with Crippen molar-refractivity contribution in [1.82, 2.24) is 5.48 Å².